The molecular weight excluding hydrogens is 320 g/mol. The molecule has 0 atom stereocenters. The highest BCUT2D eigenvalue weighted by molar-refractivity contribution is 7.91. The third-order valence-corrected chi connectivity index (χ3v) is 5.21. The number of hydrogen-bond donors (Lipinski definition) is 1. The molecule has 1 aromatic rings. The lowest BCUT2D eigenvalue weighted by Crippen LogP contribution is -2.47. The van der Waals surface area contributed by atoms with Crippen LogP contribution in [0, 0.1) is 0 Å². The van der Waals surface area contributed by atoms with Gasteiger partial charge in [-0.3, -0.25) is 0 Å². The third kappa shape index (κ3) is 4.75. The minimum Gasteiger partial charge on any atom is -0.493 e. The van der Waals surface area contributed by atoms with Gasteiger partial charge in [-0.25, -0.2) is 13.2 Å². The van der Waals surface area contributed by atoms with Gasteiger partial charge in [0.25, 0.3) is 0 Å². The molecule has 0 spiro atoms. The van der Waals surface area contributed by atoms with Crippen molar-refractivity contribution in [3.8, 4) is 11.5 Å². The van der Waals surface area contributed by atoms with Gasteiger partial charge >= 0.3 is 6.03 Å². The van der Waals surface area contributed by atoms with Crippen LogP contribution in [0.3, 0.4) is 0 Å². The monoisotopic (exact) mass is 342 g/mol. The first kappa shape index (κ1) is 17.4. The molecule has 2 rings (SSSR count). The molecule has 0 unspecified atom stereocenters. The average Bonchev–Trinajstić information content (AvgIpc) is 2.53. The summed E-state index contributed by atoms with van der Waals surface area (Å²) in [6.07, 6.45) is 0. The average molecular weight is 342 g/mol. The number of nitrogens with zero attached hydrogens (tertiary/aromatic N) is 1. The maximum Gasteiger partial charge on any atom is 0.317 e. The molecule has 0 aliphatic carbocycles. The van der Waals surface area contributed by atoms with Crippen LogP contribution in [0.2, 0.25) is 0 Å². The molecule has 1 N–H and O–H groups in total. The first-order valence-corrected chi connectivity index (χ1v) is 9.30. The van der Waals surface area contributed by atoms with Crippen LogP contribution in [-0.2, 0) is 16.4 Å². The second-order valence-electron chi connectivity index (χ2n) is 5.22. The highest BCUT2D eigenvalue weighted by Gasteiger charge is 2.24. The van der Waals surface area contributed by atoms with Crippen LogP contribution in [-0.4, -0.2) is 57.7 Å². The summed E-state index contributed by atoms with van der Waals surface area (Å²) < 4.78 is 33.5. The van der Waals surface area contributed by atoms with E-state index in [4.69, 9.17) is 9.47 Å². The molecule has 1 aromatic carbocycles. The fourth-order valence-corrected chi connectivity index (χ4v) is 3.50. The first-order valence-electron chi connectivity index (χ1n) is 7.48. The lowest BCUT2D eigenvalue weighted by molar-refractivity contribution is 0.201. The van der Waals surface area contributed by atoms with Crippen molar-refractivity contribution in [2.24, 2.45) is 0 Å². The van der Waals surface area contributed by atoms with E-state index in [1.807, 2.05) is 19.1 Å². The number of carbonyl (C=O) groups excluding carboxylic acids is 1. The minimum atomic E-state index is -2.99. The Bertz CT molecular complexity index is 646. The molecule has 7 nitrogen and oxygen atoms in total. The van der Waals surface area contributed by atoms with Crippen molar-refractivity contribution >= 4 is 15.9 Å². The summed E-state index contributed by atoms with van der Waals surface area (Å²) in [7, 11) is -1.42. The SMILES string of the molecule is CCOc1ccc(CNC(=O)N2CCS(=O)(=O)CC2)cc1OC. The summed E-state index contributed by atoms with van der Waals surface area (Å²) in [4.78, 5) is 13.6. The molecule has 8 heteroatoms. The largest absolute Gasteiger partial charge is 0.493 e. The van der Waals surface area contributed by atoms with Crippen LogP contribution in [0.4, 0.5) is 4.79 Å². The van der Waals surface area contributed by atoms with Gasteiger partial charge in [-0.1, -0.05) is 6.07 Å². The second-order valence-corrected chi connectivity index (χ2v) is 7.52. The molecular formula is C15H22N2O5S. The van der Waals surface area contributed by atoms with Gasteiger partial charge < -0.3 is 19.7 Å². The Morgan fingerprint density at radius 3 is 2.57 bits per heavy atom. The summed E-state index contributed by atoms with van der Waals surface area (Å²) in [5.41, 5.74) is 0.878. The maximum absolute atomic E-state index is 12.1. The molecule has 23 heavy (non-hydrogen) atoms. The number of carbonyl (C=O) groups is 1. The molecule has 1 fully saturated rings. The maximum atomic E-state index is 12.1. The van der Waals surface area contributed by atoms with Crippen molar-refractivity contribution in [1.29, 1.82) is 0 Å². The number of urea groups is 1. The van der Waals surface area contributed by atoms with Crippen LogP contribution >= 0.6 is 0 Å². The number of benzene rings is 1. The van der Waals surface area contributed by atoms with E-state index in [-0.39, 0.29) is 30.6 Å². The lowest BCUT2D eigenvalue weighted by Gasteiger charge is -2.26. The van der Waals surface area contributed by atoms with Gasteiger partial charge in [0.05, 0.1) is 25.2 Å². The van der Waals surface area contributed by atoms with Crippen LogP contribution in [0.1, 0.15) is 12.5 Å². The van der Waals surface area contributed by atoms with Gasteiger partial charge in [0, 0.05) is 19.6 Å². The Hall–Kier alpha value is -1.96. The van der Waals surface area contributed by atoms with Crippen LogP contribution in [0.25, 0.3) is 0 Å². The van der Waals surface area contributed by atoms with E-state index in [0.29, 0.717) is 24.7 Å². The number of amides is 2. The van der Waals surface area contributed by atoms with E-state index in [0.717, 1.165) is 5.56 Å². The number of methoxy groups -OCH3 is 1. The van der Waals surface area contributed by atoms with E-state index in [9.17, 15) is 13.2 Å². The summed E-state index contributed by atoms with van der Waals surface area (Å²) in [5, 5.41) is 2.79. The molecule has 1 aliphatic rings. The number of nitrogens with one attached hydrogen (secondary N) is 1. The first-order chi connectivity index (χ1) is 10.9. The van der Waals surface area contributed by atoms with Crippen LogP contribution < -0.4 is 14.8 Å². The normalized spacial score (nSPS) is 16.7. The van der Waals surface area contributed by atoms with Gasteiger partial charge in [0.1, 0.15) is 0 Å². The standard InChI is InChI=1S/C15H22N2O5S/c1-3-22-13-5-4-12(10-14(13)21-2)11-16-15(18)17-6-8-23(19,20)9-7-17/h4-5,10H,3,6-9,11H2,1-2H3,(H,16,18). The predicted octanol–water partition coefficient (Wildman–Crippen LogP) is 1.03. The zero-order chi connectivity index (χ0) is 16.9. The number of hydrogen-bond acceptors (Lipinski definition) is 5. The van der Waals surface area contributed by atoms with E-state index >= 15 is 0 Å². The molecule has 2 amide bonds. The van der Waals surface area contributed by atoms with Crippen molar-refractivity contribution in [3.05, 3.63) is 23.8 Å². The van der Waals surface area contributed by atoms with E-state index in [1.165, 1.54) is 4.90 Å². The molecule has 0 aromatic heterocycles. The Morgan fingerprint density at radius 2 is 1.96 bits per heavy atom. The summed E-state index contributed by atoms with van der Waals surface area (Å²) >= 11 is 0. The fourth-order valence-electron chi connectivity index (χ4n) is 2.30. The van der Waals surface area contributed by atoms with Gasteiger partial charge in [0.15, 0.2) is 21.3 Å². The van der Waals surface area contributed by atoms with E-state index in [1.54, 1.807) is 13.2 Å². The predicted molar refractivity (Wildman–Crippen MR) is 86.6 cm³/mol. The fraction of sp³-hybridized carbons (Fsp3) is 0.533. The van der Waals surface area contributed by atoms with Gasteiger partial charge in [-0.15, -0.1) is 0 Å². The van der Waals surface area contributed by atoms with Crippen LogP contribution in [0.15, 0.2) is 18.2 Å². The third-order valence-electron chi connectivity index (χ3n) is 3.60. The van der Waals surface area contributed by atoms with Crippen molar-refractivity contribution in [1.82, 2.24) is 10.2 Å². The van der Waals surface area contributed by atoms with Crippen molar-refractivity contribution in [2.75, 3.05) is 38.3 Å². The smallest absolute Gasteiger partial charge is 0.317 e. The van der Waals surface area contributed by atoms with E-state index < -0.39 is 9.84 Å². The van der Waals surface area contributed by atoms with Gasteiger partial charge in [-0.2, -0.15) is 0 Å². The van der Waals surface area contributed by atoms with Gasteiger partial charge in [0.2, 0.25) is 0 Å². The molecule has 1 aliphatic heterocycles. The second kappa shape index (κ2) is 7.54. The number of sulfone groups is 1. The Labute approximate surface area is 136 Å². The Kier molecular flexibility index (Phi) is 5.70. The summed E-state index contributed by atoms with van der Waals surface area (Å²) in [5.74, 6) is 1.32. The van der Waals surface area contributed by atoms with Crippen molar-refractivity contribution in [2.45, 2.75) is 13.5 Å². The number of rotatable bonds is 5. The minimum absolute atomic E-state index is 0.0251. The topological polar surface area (TPSA) is 84.9 Å². The molecule has 1 saturated heterocycles. The van der Waals surface area contributed by atoms with E-state index in [2.05, 4.69) is 5.32 Å². The highest BCUT2D eigenvalue weighted by atomic mass is 32.2. The summed E-state index contributed by atoms with van der Waals surface area (Å²) in [6, 6.07) is 5.21. The zero-order valence-corrected chi connectivity index (χ0v) is 14.2. The highest BCUT2D eigenvalue weighted by Crippen LogP contribution is 2.27. The molecule has 0 saturated carbocycles. The van der Waals surface area contributed by atoms with Crippen molar-refractivity contribution in [3.63, 3.8) is 0 Å². The van der Waals surface area contributed by atoms with Crippen LogP contribution in [0.5, 0.6) is 11.5 Å². The molecule has 128 valence electrons. The number of ether oxygens (including phenoxy) is 2. The Balaban J connectivity index is 1.91. The quantitative estimate of drug-likeness (QED) is 0.864. The van der Waals surface area contributed by atoms with Crippen molar-refractivity contribution < 1.29 is 22.7 Å². The zero-order valence-electron chi connectivity index (χ0n) is 13.4. The molecule has 1 heterocycles. The lowest BCUT2D eigenvalue weighted by atomic mass is 10.2. The van der Waals surface area contributed by atoms with Gasteiger partial charge in [-0.05, 0) is 24.6 Å². The summed E-state index contributed by atoms with van der Waals surface area (Å²) in [6.45, 7) is 3.25. The molecule has 0 radical (unpaired) electrons. The Morgan fingerprint density at radius 1 is 1.26 bits per heavy atom. The molecule has 0 bridgehead atoms.